The molecule has 0 aliphatic carbocycles. The lowest BCUT2D eigenvalue weighted by Crippen LogP contribution is -2.42. The van der Waals surface area contributed by atoms with E-state index in [0.717, 1.165) is 11.0 Å². The Morgan fingerprint density at radius 1 is 1.29 bits per heavy atom. The summed E-state index contributed by atoms with van der Waals surface area (Å²) < 4.78 is 27.5. The van der Waals surface area contributed by atoms with Gasteiger partial charge in [-0.2, -0.15) is 8.42 Å². The second kappa shape index (κ2) is 4.59. The van der Waals surface area contributed by atoms with Crippen LogP contribution in [0, 0.1) is 0 Å². The molecule has 0 radical (unpaired) electrons. The molecule has 0 bridgehead atoms. The molecule has 1 aliphatic rings. The van der Waals surface area contributed by atoms with Crippen molar-refractivity contribution in [3.8, 4) is 0 Å². The molecule has 0 saturated carbocycles. The Hall–Kier alpha value is -0.130. The molecule has 1 aliphatic heterocycles. The summed E-state index contributed by atoms with van der Waals surface area (Å²) in [5.41, 5.74) is 0. The van der Waals surface area contributed by atoms with E-state index in [1.54, 1.807) is 0 Å². The molecule has 1 rings (SSSR count). The predicted octanol–water partition coefficient (Wildman–Crippen LogP) is 0.593. The Morgan fingerprint density at radius 2 is 1.86 bits per heavy atom. The Morgan fingerprint density at radius 3 is 2.36 bits per heavy atom. The fourth-order valence-electron chi connectivity index (χ4n) is 2.03. The highest BCUT2D eigenvalue weighted by Crippen LogP contribution is 2.16. The summed E-state index contributed by atoms with van der Waals surface area (Å²) in [4.78, 5) is 0. The highest BCUT2D eigenvalue weighted by Gasteiger charge is 2.26. The molecule has 0 aromatic heterocycles. The van der Waals surface area contributed by atoms with Gasteiger partial charge in [0.25, 0.3) is 10.1 Å². The van der Waals surface area contributed by atoms with E-state index in [1.807, 2.05) is 0 Å². The largest absolute Gasteiger partial charge is 0.326 e. The van der Waals surface area contributed by atoms with Crippen LogP contribution in [0.4, 0.5) is 0 Å². The van der Waals surface area contributed by atoms with E-state index < -0.39 is 10.1 Å². The third-order valence-electron chi connectivity index (χ3n) is 2.99. The van der Waals surface area contributed by atoms with Crippen molar-refractivity contribution in [3.05, 3.63) is 0 Å². The van der Waals surface area contributed by atoms with Crippen molar-refractivity contribution in [3.63, 3.8) is 0 Å². The van der Waals surface area contributed by atoms with Crippen molar-refractivity contribution < 1.29 is 17.1 Å². The minimum absolute atomic E-state index is 0.150. The van der Waals surface area contributed by atoms with Gasteiger partial charge in [-0.1, -0.05) is 0 Å². The lowest BCUT2D eigenvalue weighted by molar-refractivity contribution is -0.897. The minimum Gasteiger partial charge on any atom is -0.326 e. The summed E-state index contributed by atoms with van der Waals surface area (Å²) in [5, 5.41) is 0. The first kappa shape index (κ1) is 11.9. The normalized spacial score (nSPS) is 21.3. The van der Waals surface area contributed by atoms with Crippen LogP contribution in [0.25, 0.3) is 0 Å². The van der Waals surface area contributed by atoms with Crippen molar-refractivity contribution >= 4 is 10.1 Å². The highest BCUT2D eigenvalue weighted by molar-refractivity contribution is 7.86. The quantitative estimate of drug-likeness (QED) is 0.505. The molecule has 0 amide bonds. The lowest BCUT2D eigenvalue weighted by Gasteiger charge is -2.28. The average Bonchev–Trinajstić information content (AvgIpc) is 2.52. The van der Waals surface area contributed by atoms with E-state index in [-0.39, 0.29) is 5.75 Å². The van der Waals surface area contributed by atoms with Gasteiger partial charge in [0.1, 0.15) is 0 Å². The zero-order chi connectivity index (χ0) is 10.7. The molecule has 0 atom stereocenters. The third kappa shape index (κ3) is 3.55. The van der Waals surface area contributed by atoms with Crippen molar-refractivity contribution in [2.45, 2.75) is 19.3 Å². The van der Waals surface area contributed by atoms with Crippen LogP contribution in [-0.2, 0) is 14.3 Å². The Labute approximate surface area is 86.6 Å². The molecule has 4 nitrogen and oxygen atoms in total. The first-order valence-electron chi connectivity index (χ1n) is 5.09. The summed E-state index contributed by atoms with van der Waals surface area (Å²) in [6.45, 7) is 3.32. The SMILES string of the molecule is COS(=O)(=O)CCC[N+]1(C)CCCC1. The molecule has 5 heteroatoms. The Kier molecular flexibility index (Phi) is 3.92. The van der Waals surface area contributed by atoms with E-state index in [4.69, 9.17) is 0 Å². The molecule has 0 N–H and O–H groups in total. The smallest absolute Gasteiger partial charge is 0.267 e. The average molecular weight is 222 g/mol. The second-order valence-electron chi connectivity index (χ2n) is 4.28. The second-order valence-corrected chi connectivity index (χ2v) is 6.14. The number of hydrogen-bond donors (Lipinski definition) is 0. The summed E-state index contributed by atoms with van der Waals surface area (Å²) in [5.74, 6) is 0.150. The first-order valence-corrected chi connectivity index (χ1v) is 6.67. The molecule has 0 aromatic carbocycles. The van der Waals surface area contributed by atoms with Gasteiger partial charge in [-0.3, -0.25) is 4.18 Å². The molecular weight excluding hydrogens is 202 g/mol. The standard InChI is InChI=1S/C9H20NO3S/c1-10(6-3-4-7-10)8-5-9-14(11,12)13-2/h3-9H2,1-2H3/q+1. The highest BCUT2D eigenvalue weighted by atomic mass is 32.2. The number of hydrogen-bond acceptors (Lipinski definition) is 3. The maximum atomic E-state index is 11.0. The van der Waals surface area contributed by atoms with Crippen molar-refractivity contribution in [1.82, 2.24) is 0 Å². The van der Waals surface area contributed by atoms with Crippen LogP contribution >= 0.6 is 0 Å². The van der Waals surface area contributed by atoms with Crippen LogP contribution in [0.1, 0.15) is 19.3 Å². The van der Waals surface area contributed by atoms with E-state index >= 15 is 0 Å². The third-order valence-corrected chi connectivity index (χ3v) is 4.29. The van der Waals surface area contributed by atoms with Crippen molar-refractivity contribution in [1.29, 1.82) is 0 Å². The van der Waals surface area contributed by atoms with Gasteiger partial charge in [0.15, 0.2) is 0 Å². The molecule has 1 fully saturated rings. The van der Waals surface area contributed by atoms with Gasteiger partial charge in [-0.05, 0) is 0 Å². The molecular formula is C9H20NO3S+. The van der Waals surface area contributed by atoms with Crippen LogP contribution in [-0.4, -0.2) is 52.4 Å². The van der Waals surface area contributed by atoms with E-state index in [1.165, 1.54) is 33.0 Å². The molecule has 14 heavy (non-hydrogen) atoms. The van der Waals surface area contributed by atoms with Gasteiger partial charge < -0.3 is 4.48 Å². The van der Waals surface area contributed by atoms with Crippen molar-refractivity contribution in [2.24, 2.45) is 0 Å². The topological polar surface area (TPSA) is 43.4 Å². The van der Waals surface area contributed by atoms with Crippen LogP contribution in [0.15, 0.2) is 0 Å². The summed E-state index contributed by atoms with van der Waals surface area (Å²) in [7, 11) is 0.177. The predicted molar refractivity (Wildman–Crippen MR) is 55.4 cm³/mol. The molecule has 1 heterocycles. The molecule has 0 spiro atoms. The van der Waals surface area contributed by atoms with Crippen LogP contribution in [0.3, 0.4) is 0 Å². The fraction of sp³-hybridized carbons (Fsp3) is 1.00. The van der Waals surface area contributed by atoms with Gasteiger partial charge in [-0.15, -0.1) is 0 Å². The van der Waals surface area contributed by atoms with Gasteiger partial charge in [0.2, 0.25) is 0 Å². The summed E-state index contributed by atoms with van der Waals surface area (Å²) >= 11 is 0. The Balaban J connectivity index is 2.27. The fourth-order valence-corrected chi connectivity index (χ4v) is 2.68. The Bertz CT molecular complexity index is 268. The maximum Gasteiger partial charge on any atom is 0.267 e. The summed E-state index contributed by atoms with van der Waals surface area (Å²) in [6, 6.07) is 0. The van der Waals surface area contributed by atoms with Crippen LogP contribution < -0.4 is 0 Å². The number of quaternary nitrogens is 1. The van der Waals surface area contributed by atoms with Crippen LogP contribution in [0.5, 0.6) is 0 Å². The molecule has 0 aromatic rings. The van der Waals surface area contributed by atoms with E-state index in [9.17, 15) is 8.42 Å². The van der Waals surface area contributed by atoms with Gasteiger partial charge in [0, 0.05) is 19.3 Å². The maximum absolute atomic E-state index is 11.0. The van der Waals surface area contributed by atoms with Crippen molar-refractivity contribution in [2.75, 3.05) is 39.5 Å². The minimum atomic E-state index is -3.25. The van der Waals surface area contributed by atoms with Crippen LogP contribution in [0.2, 0.25) is 0 Å². The monoisotopic (exact) mass is 222 g/mol. The zero-order valence-electron chi connectivity index (χ0n) is 9.03. The summed E-state index contributed by atoms with van der Waals surface area (Å²) in [6.07, 6.45) is 3.24. The van der Waals surface area contributed by atoms with Gasteiger partial charge in [0.05, 0.1) is 39.5 Å². The van der Waals surface area contributed by atoms with E-state index in [0.29, 0.717) is 6.42 Å². The number of nitrogens with zero attached hydrogens (tertiary/aromatic N) is 1. The first-order chi connectivity index (χ1) is 6.47. The lowest BCUT2D eigenvalue weighted by atomic mass is 10.4. The van der Waals surface area contributed by atoms with E-state index in [2.05, 4.69) is 11.2 Å². The molecule has 84 valence electrons. The van der Waals surface area contributed by atoms with Gasteiger partial charge in [-0.25, -0.2) is 0 Å². The zero-order valence-corrected chi connectivity index (χ0v) is 9.85. The molecule has 1 saturated heterocycles. The van der Waals surface area contributed by atoms with Gasteiger partial charge >= 0.3 is 0 Å². The number of likely N-dealkylation sites (tertiary alicyclic amines) is 1. The molecule has 0 unspecified atom stereocenters. The number of rotatable bonds is 5.